The Morgan fingerprint density at radius 3 is 2.23 bits per heavy atom. The van der Waals surface area contributed by atoms with Gasteiger partial charge in [-0.3, -0.25) is 9.97 Å². The lowest BCUT2D eigenvalue weighted by Gasteiger charge is -2.41. The maximum Gasteiger partial charge on any atom is 0.340 e. The van der Waals surface area contributed by atoms with Crippen LogP contribution in [0.1, 0.15) is 111 Å². The number of hydrogen-bond acceptors (Lipinski definition) is 7. The standard InChI is InChI=1S/C32H49N3O4/c1-20(2)17-26(36)25-12-11-23(18-34-25)24-19-33-22(5)27(28(24)35-15-13-32(9,10)14-16-35)29(39-31(6,7)8)30(37)38-21(3)4/h11-12,18-21,26,29,36H,13-17H2,1-10H3. The minimum atomic E-state index is -0.926. The molecule has 2 unspecified atom stereocenters. The molecule has 0 radical (unpaired) electrons. The topological polar surface area (TPSA) is 84.8 Å². The molecular weight excluding hydrogens is 490 g/mol. The zero-order chi connectivity index (χ0) is 29.1. The number of carbonyl (C=O) groups excluding carboxylic acids is 1. The molecule has 2 aromatic rings. The summed E-state index contributed by atoms with van der Waals surface area (Å²) in [5, 5.41) is 10.6. The van der Waals surface area contributed by atoms with E-state index in [1.54, 1.807) is 6.20 Å². The molecular formula is C32H49N3O4. The van der Waals surface area contributed by atoms with Crippen molar-refractivity contribution in [2.45, 2.75) is 112 Å². The van der Waals surface area contributed by atoms with Crippen molar-refractivity contribution >= 4 is 11.7 Å². The Balaban J connectivity index is 2.19. The number of ether oxygens (including phenoxy) is 2. The van der Waals surface area contributed by atoms with E-state index >= 15 is 0 Å². The number of rotatable bonds is 9. The fourth-order valence-corrected chi connectivity index (χ4v) is 5.01. The minimum Gasteiger partial charge on any atom is -0.461 e. The van der Waals surface area contributed by atoms with Crippen LogP contribution in [-0.2, 0) is 14.3 Å². The van der Waals surface area contributed by atoms with Crippen LogP contribution in [-0.4, -0.2) is 45.8 Å². The van der Waals surface area contributed by atoms with Gasteiger partial charge in [0.25, 0.3) is 0 Å². The highest BCUT2D eigenvalue weighted by atomic mass is 16.6. The molecule has 0 amide bonds. The Morgan fingerprint density at radius 1 is 1.08 bits per heavy atom. The molecule has 0 aromatic carbocycles. The molecule has 216 valence electrons. The lowest BCUT2D eigenvalue weighted by Crippen LogP contribution is -2.39. The Bertz CT molecular complexity index is 1110. The highest BCUT2D eigenvalue weighted by Crippen LogP contribution is 2.43. The number of pyridine rings is 2. The largest absolute Gasteiger partial charge is 0.461 e. The Labute approximate surface area is 235 Å². The molecule has 3 rings (SSSR count). The molecule has 39 heavy (non-hydrogen) atoms. The van der Waals surface area contributed by atoms with Crippen LogP contribution in [0.4, 0.5) is 5.69 Å². The molecule has 1 fully saturated rings. The number of hydrogen-bond donors (Lipinski definition) is 1. The first-order valence-corrected chi connectivity index (χ1v) is 14.3. The first-order chi connectivity index (χ1) is 18.1. The number of aliphatic hydroxyl groups excluding tert-OH is 1. The molecule has 3 heterocycles. The molecule has 1 aliphatic heterocycles. The average Bonchev–Trinajstić information content (AvgIpc) is 2.81. The third kappa shape index (κ3) is 8.24. The number of aliphatic hydroxyl groups is 1. The maximum atomic E-state index is 13.5. The monoisotopic (exact) mass is 539 g/mol. The van der Waals surface area contributed by atoms with Crippen molar-refractivity contribution in [1.82, 2.24) is 9.97 Å². The molecule has 1 aliphatic rings. The van der Waals surface area contributed by atoms with Gasteiger partial charge in [0.15, 0.2) is 6.10 Å². The summed E-state index contributed by atoms with van der Waals surface area (Å²) in [5.41, 5.74) is 4.55. The summed E-state index contributed by atoms with van der Waals surface area (Å²) in [5.74, 6) is -0.0449. The highest BCUT2D eigenvalue weighted by molar-refractivity contribution is 5.87. The van der Waals surface area contributed by atoms with Crippen molar-refractivity contribution in [3.05, 3.63) is 41.5 Å². The summed E-state index contributed by atoms with van der Waals surface area (Å²) in [7, 11) is 0. The predicted octanol–water partition coefficient (Wildman–Crippen LogP) is 6.97. The van der Waals surface area contributed by atoms with Crippen LogP contribution in [0.5, 0.6) is 0 Å². The quantitative estimate of drug-likeness (QED) is 0.345. The fraction of sp³-hybridized carbons (Fsp3) is 0.656. The number of aryl methyl sites for hydroxylation is 1. The van der Waals surface area contributed by atoms with Crippen molar-refractivity contribution < 1.29 is 19.4 Å². The lowest BCUT2D eigenvalue weighted by atomic mass is 9.82. The molecule has 2 atom stereocenters. The van der Waals surface area contributed by atoms with Crippen LogP contribution in [0.15, 0.2) is 24.5 Å². The Hall–Kier alpha value is -2.51. The SMILES string of the molecule is Cc1ncc(-c2ccc(C(O)CC(C)C)nc2)c(N2CCC(C)(C)CC2)c1C(OC(C)(C)C)C(=O)OC(C)C. The van der Waals surface area contributed by atoms with Crippen molar-refractivity contribution in [2.24, 2.45) is 11.3 Å². The van der Waals surface area contributed by atoms with Crippen molar-refractivity contribution in [3.63, 3.8) is 0 Å². The van der Waals surface area contributed by atoms with Gasteiger partial charge < -0.3 is 19.5 Å². The van der Waals surface area contributed by atoms with E-state index < -0.39 is 23.8 Å². The van der Waals surface area contributed by atoms with Crippen LogP contribution < -0.4 is 4.90 Å². The summed E-state index contributed by atoms with van der Waals surface area (Å²) in [6, 6.07) is 3.88. The van der Waals surface area contributed by atoms with Gasteiger partial charge in [-0.15, -0.1) is 0 Å². The van der Waals surface area contributed by atoms with Gasteiger partial charge in [0, 0.05) is 47.9 Å². The fourth-order valence-electron chi connectivity index (χ4n) is 5.01. The minimum absolute atomic E-state index is 0.256. The normalized spacial score (nSPS) is 17.4. The highest BCUT2D eigenvalue weighted by Gasteiger charge is 2.37. The number of carbonyl (C=O) groups is 1. The number of aromatic nitrogens is 2. The number of nitrogens with zero attached hydrogens (tertiary/aromatic N) is 3. The smallest absolute Gasteiger partial charge is 0.340 e. The molecule has 7 heteroatoms. The average molecular weight is 540 g/mol. The summed E-state index contributed by atoms with van der Waals surface area (Å²) in [4.78, 5) is 25.3. The second kappa shape index (κ2) is 12.3. The molecule has 1 saturated heterocycles. The molecule has 0 spiro atoms. The molecule has 7 nitrogen and oxygen atoms in total. The summed E-state index contributed by atoms with van der Waals surface area (Å²) in [6.07, 6.45) is 4.60. The van der Waals surface area contributed by atoms with Gasteiger partial charge in [-0.2, -0.15) is 0 Å². The number of esters is 1. The van der Waals surface area contributed by atoms with Gasteiger partial charge in [-0.05, 0) is 78.2 Å². The van der Waals surface area contributed by atoms with E-state index in [0.29, 0.717) is 18.0 Å². The van der Waals surface area contributed by atoms with Crippen molar-refractivity contribution in [2.75, 3.05) is 18.0 Å². The predicted molar refractivity (Wildman–Crippen MR) is 157 cm³/mol. The van der Waals surface area contributed by atoms with Gasteiger partial charge >= 0.3 is 5.97 Å². The van der Waals surface area contributed by atoms with Crippen LogP contribution in [0.3, 0.4) is 0 Å². The van der Waals surface area contributed by atoms with Crippen LogP contribution in [0.25, 0.3) is 11.1 Å². The second-order valence-corrected chi connectivity index (χ2v) is 13.4. The first kappa shape index (κ1) is 31.0. The van der Waals surface area contributed by atoms with E-state index in [1.165, 1.54) is 0 Å². The zero-order valence-corrected chi connectivity index (χ0v) is 25.7. The molecule has 0 saturated carbocycles. The van der Waals surface area contributed by atoms with Gasteiger partial charge in [-0.1, -0.05) is 33.8 Å². The number of anilines is 1. The van der Waals surface area contributed by atoms with Gasteiger partial charge in [0.05, 0.1) is 29.2 Å². The number of piperidine rings is 1. The van der Waals surface area contributed by atoms with E-state index in [4.69, 9.17) is 14.5 Å². The van der Waals surface area contributed by atoms with Crippen LogP contribution in [0.2, 0.25) is 0 Å². The van der Waals surface area contributed by atoms with E-state index in [1.807, 2.05) is 59.9 Å². The summed E-state index contributed by atoms with van der Waals surface area (Å²) < 4.78 is 12.1. The second-order valence-electron chi connectivity index (χ2n) is 13.4. The third-order valence-corrected chi connectivity index (χ3v) is 7.15. The van der Waals surface area contributed by atoms with E-state index in [0.717, 1.165) is 54.0 Å². The Morgan fingerprint density at radius 2 is 1.72 bits per heavy atom. The van der Waals surface area contributed by atoms with Crippen LogP contribution in [0, 0.1) is 18.3 Å². The van der Waals surface area contributed by atoms with E-state index in [9.17, 15) is 9.90 Å². The molecule has 2 aromatic heterocycles. The third-order valence-electron chi connectivity index (χ3n) is 7.15. The van der Waals surface area contributed by atoms with E-state index in [-0.39, 0.29) is 11.5 Å². The first-order valence-electron chi connectivity index (χ1n) is 14.3. The summed E-state index contributed by atoms with van der Waals surface area (Å²) in [6.45, 7) is 22.0. The molecule has 0 aliphatic carbocycles. The molecule has 0 bridgehead atoms. The van der Waals surface area contributed by atoms with Gasteiger partial charge in [0.1, 0.15) is 0 Å². The lowest BCUT2D eigenvalue weighted by molar-refractivity contribution is -0.171. The van der Waals surface area contributed by atoms with Crippen molar-refractivity contribution in [3.8, 4) is 11.1 Å². The maximum absolute atomic E-state index is 13.5. The van der Waals surface area contributed by atoms with Gasteiger partial charge in [0.2, 0.25) is 0 Å². The van der Waals surface area contributed by atoms with Crippen molar-refractivity contribution in [1.29, 1.82) is 0 Å². The van der Waals surface area contributed by atoms with Gasteiger partial charge in [-0.25, -0.2) is 4.79 Å². The van der Waals surface area contributed by atoms with Crippen LogP contribution >= 0.6 is 0 Å². The Kier molecular flexibility index (Phi) is 9.82. The van der Waals surface area contributed by atoms with E-state index in [2.05, 4.69) is 37.6 Å². The zero-order valence-electron chi connectivity index (χ0n) is 25.7. The molecule has 1 N–H and O–H groups in total. The summed E-state index contributed by atoms with van der Waals surface area (Å²) >= 11 is 0.